The number of carbonyl (C=O) groups is 1. The summed E-state index contributed by atoms with van der Waals surface area (Å²) in [4.78, 5) is 30.2. The smallest absolute Gasteiger partial charge is 0.279 e. The lowest BCUT2D eigenvalue weighted by Gasteiger charge is -2.28. The molecule has 0 saturated carbocycles. The summed E-state index contributed by atoms with van der Waals surface area (Å²) < 4.78 is 12.9. The van der Waals surface area contributed by atoms with Crippen LogP contribution in [0.4, 0.5) is 5.82 Å². The highest BCUT2D eigenvalue weighted by Crippen LogP contribution is 2.39. The molecular formula is C25H27N3O4S. The Kier molecular flexibility index (Phi) is 6.74. The Balaban J connectivity index is 1.72. The molecule has 7 nitrogen and oxygen atoms in total. The minimum Gasteiger partial charge on any atom is -0.493 e. The lowest BCUT2D eigenvalue weighted by atomic mass is 9.86. The van der Waals surface area contributed by atoms with E-state index >= 15 is 0 Å². The molecule has 3 aromatic rings. The van der Waals surface area contributed by atoms with Crippen LogP contribution in [0.5, 0.6) is 11.5 Å². The van der Waals surface area contributed by atoms with Crippen molar-refractivity contribution < 1.29 is 14.3 Å². The zero-order valence-corrected chi connectivity index (χ0v) is 20.0. The van der Waals surface area contributed by atoms with Crippen molar-refractivity contribution >= 4 is 23.5 Å². The van der Waals surface area contributed by atoms with Crippen molar-refractivity contribution in [3.05, 3.63) is 75.1 Å². The Morgan fingerprint density at radius 2 is 2.00 bits per heavy atom. The zero-order valence-electron chi connectivity index (χ0n) is 19.2. The number of carbonyl (C=O) groups excluding carboxylic acids is 1. The predicted molar refractivity (Wildman–Crippen MR) is 129 cm³/mol. The zero-order chi connectivity index (χ0) is 23.5. The largest absolute Gasteiger partial charge is 0.493 e. The third-order valence-electron chi connectivity index (χ3n) is 5.64. The Hall–Kier alpha value is -3.26. The molecule has 0 unspecified atom stereocenters. The van der Waals surface area contributed by atoms with Crippen LogP contribution in [0.3, 0.4) is 0 Å². The molecule has 2 aromatic carbocycles. The SMILES string of the molecule is CCOc1cc([C@H]2CC(=O)Nc3c2c(=O)nc(SCc2cccc(C)c2)n3C)ccc1OC. The standard InChI is InChI=1S/C25H27N3O4S/c1-5-32-20-12-17(9-10-19(20)31-4)18-13-21(29)26-23-22(18)24(30)27-25(28(23)3)33-14-16-8-6-7-15(2)11-16/h6-12,18H,5,13-14H2,1-4H3,(H,26,29)/t18-/m1/s1. The molecule has 4 rings (SSSR count). The van der Waals surface area contributed by atoms with Crippen LogP contribution in [0.1, 0.15) is 41.5 Å². The third-order valence-corrected chi connectivity index (χ3v) is 6.74. The summed E-state index contributed by atoms with van der Waals surface area (Å²) in [6.07, 6.45) is 0.164. The number of nitrogens with zero attached hydrogens (tertiary/aromatic N) is 2. The molecule has 0 bridgehead atoms. The summed E-state index contributed by atoms with van der Waals surface area (Å²) in [5.74, 6) is 1.80. The second-order valence-corrected chi connectivity index (χ2v) is 8.89. The van der Waals surface area contributed by atoms with Gasteiger partial charge in [0.05, 0.1) is 19.3 Å². The van der Waals surface area contributed by atoms with Crippen molar-refractivity contribution in [3.63, 3.8) is 0 Å². The minimum absolute atomic E-state index is 0.142. The van der Waals surface area contributed by atoms with Crippen molar-refractivity contribution in [1.82, 2.24) is 9.55 Å². The topological polar surface area (TPSA) is 82.5 Å². The van der Waals surface area contributed by atoms with E-state index < -0.39 is 5.92 Å². The van der Waals surface area contributed by atoms with Gasteiger partial charge in [-0.05, 0) is 37.1 Å². The highest BCUT2D eigenvalue weighted by Gasteiger charge is 2.32. The molecule has 0 radical (unpaired) electrons. The summed E-state index contributed by atoms with van der Waals surface area (Å²) in [6.45, 7) is 4.42. The maximum atomic E-state index is 13.2. The number of rotatable bonds is 7. The molecule has 1 atom stereocenters. The van der Waals surface area contributed by atoms with Crippen LogP contribution < -0.4 is 20.3 Å². The molecule has 0 aliphatic carbocycles. The fourth-order valence-corrected chi connectivity index (χ4v) is 4.99. The van der Waals surface area contributed by atoms with Gasteiger partial charge in [0.1, 0.15) is 5.82 Å². The van der Waals surface area contributed by atoms with Gasteiger partial charge >= 0.3 is 0 Å². The molecule has 0 fully saturated rings. The second kappa shape index (κ2) is 9.70. The van der Waals surface area contributed by atoms with Crippen molar-refractivity contribution in [1.29, 1.82) is 0 Å². The number of nitrogens with one attached hydrogen (secondary N) is 1. The van der Waals surface area contributed by atoms with E-state index in [2.05, 4.69) is 16.4 Å². The Morgan fingerprint density at radius 3 is 2.73 bits per heavy atom. The number of methoxy groups -OCH3 is 1. The van der Waals surface area contributed by atoms with Crippen LogP contribution >= 0.6 is 11.8 Å². The van der Waals surface area contributed by atoms with E-state index in [0.29, 0.717) is 40.4 Å². The molecule has 1 aromatic heterocycles. The molecule has 0 spiro atoms. The summed E-state index contributed by atoms with van der Waals surface area (Å²) >= 11 is 1.47. The molecule has 1 N–H and O–H groups in total. The van der Waals surface area contributed by atoms with Crippen molar-refractivity contribution in [2.75, 3.05) is 19.0 Å². The molecule has 1 aliphatic rings. The number of anilines is 1. The Morgan fingerprint density at radius 1 is 1.18 bits per heavy atom. The number of amides is 1. The van der Waals surface area contributed by atoms with Gasteiger partial charge in [0.25, 0.3) is 5.56 Å². The van der Waals surface area contributed by atoms with Gasteiger partial charge in [-0.3, -0.25) is 9.59 Å². The number of hydrogen-bond donors (Lipinski definition) is 1. The third kappa shape index (κ3) is 4.75. The first-order valence-electron chi connectivity index (χ1n) is 10.8. The second-order valence-electron chi connectivity index (χ2n) is 7.95. The highest BCUT2D eigenvalue weighted by molar-refractivity contribution is 7.98. The molecule has 8 heteroatoms. The van der Waals surface area contributed by atoms with E-state index in [4.69, 9.17) is 9.47 Å². The van der Waals surface area contributed by atoms with E-state index in [9.17, 15) is 9.59 Å². The number of benzene rings is 2. The fourth-order valence-electron chi connectivity index (χ4n) is 4.08. The van der Waals surface area contributed by atoms with Gasteiger partial charge in [0, 0.05) is 25.1 Å². The lowest BCUT2D eigenvalue weighted by molar-refractivity contribution is -0.116. The van der Waals surface area contributed by atoms with Crippen LogP contribution in [-0.2, 0) is 17.6 Å². The van der Waals surface area contributed by atoms with Crippen molar-refractivity contribution in [2.45, 2.75) is 37.1 Å². The first-order chi connectivity index (χ1) is 15.9. The predicted octanol–water partition coefficient (Wildman–Crippen LogP) is 4.26. The Labute approximate surface area is 197 Å². The maximum absolute atomic E-state index is 13.2. The normalized spacial score (nSPS) is 15.0. The van der Waals surface area contributed by atoms with Crippen LogP contribution in [0, 0.1) is 6.92 Å². The Bertz CT molecular complexity index is 1250. The van der Waals surface area contributed by atoms with Gasteiger partial charge in [-0.2, -0.15) is 4.98 Å². The molecular weight excluding hydrogens is 438 g/mol. The fraction of sp³-hybridized carbons (Fsp3) is 0.320. The number of aromatic nitrogens is 2. The van der Waals surface area contributed by atoms with Gasteiger partial charge in [0.2, 0.25) is 5.91 Å². The monoisotopic (exact) mass is 465 g/mol. The van der Waals surface area contributed by atoms with Gasteiger partial charge in [-0.1, -0.05) is 47.7 Å². The van der Waals surface area contributed by atoms with Gasteiger partial charge in [0.15, 0.2) is 16.7 Å². The summed E-state index contributed by atoms with van der Waals surface area (Å²) in [7, 11) is 3.41. The van der Waals surface area contributed by atoms with Crippen molar-refractivity contribution in [2.24, 2.45) is 7.05 Å². The van der Waals surface area contributed by atoms with Crippen LogP contribution in [0.2, 0.25) is 0 Å². The van der Waals surface area contributed by atoms with Crippen LogP contribution in [0.15, 0.2) is 52.4 Å². The van der Waals surface area contributed by atoms with E-state index in [1.807, 2.05) is 51.2 Å². The average Bonchev–Trinajstić information content (AvgIpc) is 2.80. The lowest BCUT2D eigenvalue weighted by Crippen LogP contribution is -2.33. The minimum atomic E-state index is -0.416. The molecule has 2 heterocycles. The van der Waals surface area contributed by atoms with E-state index in [1.165, 1.54) is 17.3 Å². The summed E-state index contributed by atoms with van der Waals surface area (Å²) in [5.41, 5.74) is 3.31. The number of hydrogen-bond acceptors (Lipinski definition) is 6. The van der Waals surface area contributed by atoms with Crippen LogP contribution in [0.25, 0.3) is 0 Å². The van der Waals surface area contributed by atoms with Crippen molar-refractivity contribution in [3.8, 4) is 11.5 Å². The van der Waals surface area contributed by atoms with Gasteiger partial charge in [-0.15, -0.1) is 0 Å². The summed E-state index contributed by atoms with van der Waals surface area (Å²) in [5, 5.41) is 3.45. The number of thioether (sulfide) groups is 1. The number of ether oxygens (including phenoxy) is 2. The molecule has 172 valence electrons. The van der Waals surface area contributed by atoms with Gasteiger partial charge < -0.3 is 19.4 Å². The number of fused-ring (bicyclic) bond motifs is 1. The van der Waals surface area contributed by atoms with E-state index in [1.54, 1.807) is 17.7 Å². The summed E-state index contributed by atoms with van der Waals surface area (Å²) in [6, 6.07) is 13.7. The van der Waals surface area contributed by atoms with Gasteiger partial charge in [-0.25, -0.2) is 0 Å². The van der Waals surface area contributed by atoms with E-state index in [0.717, 1.165) is 11.1 Å². The quantitative estimate of drug-likeness (QED) is 0.415. The average molecular weight is 466 g/mol. The molecule has 1 amide bonds. The number of aryl methyl sites for hydroxylation is 1. The maximum Gasteiger partial charge on any atom is 0.279 e. The molecule has 0 saturated heterocycles. The van der Waals surface area contributed by atoms with Crippen LogP contribution in [-0.4, -0.2) is 29.2 Å². The molecule has 1 aliphatic heterocycles. The highest BCUT2D eigenvalue weighted by atomic mass is 32.2. The first kappa shape index (κ1) is 22.9. The first-order valence-corrected chi connectivity index (χ1v) is 11.8. The van der Waals surface area contributed by atoms with E-state index in [-0.39, 0.29) is 17.9 Å². The molecule has 33 heavy (non-hydrogen) atoms.